The largest absolute Gasteiger partial charge is 0.368 e. The average Bonchev–Trinajstić information content (AvgIpc) is 2.67. The minimum absolute atomic E-state index is 0.227. The Hall–Kier alpha value is -3.28. The van der Waals surface area contributed by atoms with Gasteiger partial charge in [0.25, 0.3) is 5.91 Å². The maximum Gasteiger partial charge on any atom is 0.254 e. The Morgan fingerprint density at radius 1 is 1.00 bits per heavy atom. The fourth-order valence-corrected chi connectivity index (χ4v) is 3.52. The fraction of sp³-hybridized carbons (Fsp3) is 0.238. The molecule has 0 unspecified atom stereocenters. The third-order valence-electron chi connectivity index (χ3n) is 5.16. The monoisotopic (exact) mass is 360 g/mol. The lowest BCUT2D eigenvalue weighted by molar-refractivity contribution is -0.122. The number of primary amides is 1. The van der Waals surface area contributed by atoms with E-state index in [2.05, 4.69) is 9.97 Å². The van der Waals surface area contributed by atoms with Crippen molar-refractivity contribution in [2.75, 3.05) is 0 Å². The number of rotatable bonds is 2. The Kier molecular flexibility index (Phi) is 4.11. The summed E-state index contributed by atoms with van der Waals surface area (Å²) in [5.74, 6) is -0.722. The van der Waals surface area contributed by atoms with Gasteiger partial charge in [0.2, 0.25) is 5.91 Å². The summed E-state index contributed by atoms with van der Waals surface area (Å²) < 4.78 is 0. The van der Waals surface area contributed by atoms with Crippen LogP contribution in [-0.4, -0.2) is 32.7 Å². The Morgan fingerprint density at radius 2 is 1.67 bits per heavy atom. The van der Waals surface area contributed by atoms with Gasteiger partial charge in [0.1, 0.15) is 6.04 Å². The van der Waals surface area contributed by atoms with Gasteiger partial charge < -0.3 is 10.6 Å². The first-order chi connectivity index (χ1) is 12.9. The van der Waals surface area contributed by atoms with Crippen LogP contribution >= 0.6 is 0 Å². The quantitative estimate of drug-likeness (QED) is 0.759. The summed E-state index contributed by atoms with van der Waals surface area (Å²) in [6.45, 7) is 4.16. The predicted octanol–water partition coefficient (Wildman–Crippen LogP) is 2.30. The van der Waals surface area contributed by atoms with Crippen molar-refractivity contribution in [3.63, 3.8) is 0 Å². The van der Waals surface area contributed by atoms with E-state index in [1.807, 2.05) is 38.1 Å². The lowest BCUT2D eigenvalue weighted by Gasteiger charge is -2.35. The third kappa shape index (κ3) is 3.03. The Balaban J connectivity index is 1.73. The average molecular weight is 360 g/mol. The van der Waals surface area contributed by atoms with E-state index in [1.165, 1.54) is 0 Å². The van der Waals surface area contributed by atoms with Crippen molar-refractivity contribution in [1.29, 1.82) is 0 Å². The number of carbonyl (C=O) groups excluding carboxylic acids is 2. The molecule has 136 valence electrons. The van der Waals surface area contributed by atoms with E-state index >= 15 is 0 Å². The van der Waals surface area contributed by atoms with E-state index in [0.717, 1.165) is 28.0 Å². The van der Waals surface area contributed by atoms with Crippen LogP contribution in [0.5, 0.6) is 0 Å². The van der Waals surface area contributed by atoms with Crippen molar-refractivity contribution < 1.29 is 9.59 Å². The molecule has 6 heteroatoms. The molecular formula is C21H20N4O2. The van der Waals surface area contributed by atoms with E-state index < -0.39 is 11.9 Å². The SMILES string of the molecule is Cc1nc2ccc(C(=O)N3Cc4ccccc4C[C@@H]3C(N)=O)cc2nc1C. The van der Waals surface area contributed by atoms with Crippen molar-refractivity contribution in [3.8, 4) is 0 Å². The second-order valence-electron chi connectivity index (χ2n) is 6.92. The van der Waals surface area contributed by atoms with E-state index in [9.17, 15) is 9.59 Å². The number of benzene rings is 2. The molecule has 6 nitrogen and oxygen atoms in total. The predicted molar refractivity (Wildman–Crippen MR) is 102 cm³/mol. The van der Waals surface area contributed by atoms with Gasteiger partial charge in [-0.3, -0.25) is 9.59 Å². The molecule has 0 spiro atoms. The van der Waals surface area contributed by atoms with E-state index in [4.69, 9.17) is 5.73 Å². The number of nitrogens with zero attached hydrogens (tertiary/aromatic N) is 3. The van der Waals surface area contributed by atoms with E-state index in [1.54, 1.807) is 23.1 Å². The zero-order chi connectivity index (χ0) is 19.1. The van der Waals surface area contributed by atoms with Crippen molar-refractivity contribution in [1.82, 2.24) is 14.9 Å². The molecule has 0 saturated carbocycles. The van der Waals surface area contributed by atoms with Gasteiger partial charge >= 0.3 is 0 Å². The molecule has 1 aromatic heterocycles. The van der Waals surface area contributed by atoms with Gasteiger partial charge in [-0.15, -0.1) is 0 Å². The highest BCUT2D eigenvalue weighted by atomic mass is 16.2. The standard InChI is InChI=1S/C21H20N4O2/c1-12-13(2)24-18-9-15(7-8-17(18)23-12)21(27)25-11-16-6-4-3-5-14(16)10-19(25)20(22)26/h3-9,19H,10-11H2,1-2H3,(H2,22,26)/t19-/m1/s1. The molecule has 0 radical (unpaired) electrons. The van der Waals surface area contributed by atoms with Gasteiger partial charge in [0.05, 0.1) is 22.4 Å². The number of carbonyl (C=O) groups is 2. The van der Waals surface area contributed by atoms with Crippen LogP contribution < -0.4 is 5.73 Å². The van der Waals surface area contributed by atoms with Crippen LogP contribution in [-0.2, 0) is 17.8 Å². The number of aromatic nitrogens is 2. The highest BCUT2D eigenvalue weighted by Gasteiger charge is 2.33. The first-order valence-corrected chi connectivity index (χ1v) is 8.86. The zero-order valence-electron chi connectivity index (χ0n) is 15.3. The number of aryl methyl sites for hydroxylation is 2. The summed E-state index contributed by atoms with van der Waals surface area (Å²) in [5, 5.41) is 0. The Bertz CT molecular complexity index is 1080. The van der Waals surface area contributed by atoms with Crippen LogP contribution in [0.4, 0.5) is 0 Å². The van der Waals surface area contributed by atoms with Crippen molar-refractivity contribution >= 4 is 22.8 Å². The zero-order valence-corrected chi connectivity index (χ0v) is 15.3. The van der Waals surface area contributed by atoms with Gasteiger partial charge in [-0.2, -0.15) is 0 Å². The molecule has 2 aromatic carbocycles. The summed E-state index contributed by atoms with van der Waals surface area (Å²) in [4.78, 5) is 35.8. The molecule has 4 rings (SSSR count). The lowest BCUT2D eigenvalue weighted by Crippen LogP contribution is -2.51. The molecule has 1 aliphatic heterocycles. The fourth-order valence-electron chi connectivity index (χ4n) is 3.52. The minimum Gasteiger partial charge on any atom is -0.368 e. The number of fused-ring (bicyclic) bond motifs is 2. The molecule has 0 fully saturated rings. The topological polar surface area (TPSA) is 89.2 Å². The highest BCUT2D eigenvalue weighted by molar-refractivity contribution is 6.00. The molecule has 0 saturated heterocycles. The maximum absolute atomic E-state index is 13.2. The minimum atomic E-state index is -0.658. The van der Waals surface area contributed by atoms with Gasteiger partial charge in [0.15, 0.2) is 0 Å². The first-order valence-electron chi connectivity index (χ1n) is 8.86. The van der Waals surface area contributed by atoms with E-state index in [0.29, 0.717) is 24.0 Å². The molecule has 2 heterocycles. The first kappa shape index (κ1) is 17.1. The second-order valence-corrected chi connectivity index (χ2v) is 6.92. The summed E-state index contributed by atoms with van der Waals surface area (Å²) in [7, 11) is 0. The molecule has 1 atom stereocenters. The molecule has 3 aromatic rings. The highest BCUT2D eigenvalue weighted by Crippen LogP contribution is 2.25. The number of amides is 2. The van der Waals surface area contributed by atoms with Gasteiger partial charge in [0, 0.05) is 18.5 Å². The molecule has 2 N–H and O–H groups in total. The smallest absolute Gasteiger partial charge is 0.254 e. The number of hydrogen-bond acceptors (Lipinski definition) is 4. The molecular weight excluding hydrogens is 340 g/mol. The Labute approximate surface area is 157 Å². The van der Waals surface area contributed by atoms with Crippen LogP contribution in [0.15, 0.2) is 42.5 Å². The van der Waals surface area contributed by atoms with E-state index in [-0.39, 0.29) is 5.91 Å². The van der Waals surface area contributed by atoms with Crippen LogP contribution in [0.1, 0.15) is 32.9 Å². The van der Waals surface area contributed by atoms with Crippen LogP contribution in [0.2, 0.25) is 0 Å². The second kappa shape index (κ2) is 6.46. The van der Waals surface area contributed by atoms with Gasteiger partial charge in [-0.1, -0.05) is 24.3 Å². The van der Waals surface area contributed by atoms with Crippen LogP contribution in [0.3, 0.4) is 0 Å². The van der Waals surface area contributed by atoms with Gasteiger partial charge in [-0.25, -0.2) is 9.97 Å². The summed E-state index contributed by atoms with van der Waals surface area (Å²) in [6.07, 6.45) is 0.433. The molecule has 0 bridgehead atoms. The molecule has 27 heavy (non-hydrogen) atoms. The van der Waals surface area contributed by atoms with Gasteiger partial charge in [-0.05, 0) is 43.2 Å². The number of hydrogen-bond donors (Lipinski definition) is 1. The summed E-state index contributed by atoms with van der Waals surface area (Å²) >= 11 is 0. The normalized spacial score (nSPS) is 16.2. The lowest BCUT2D eigenvalue weighted by atomic mass is 9.93. The molecule has 1 aliphatic rings. The summed E-state index contributed by atoms with van der Waals surface area (Å²) in [5.41, 5.74) is 11.3. The molecule has 2 amide bonds. The van der Waals surface area contributed by atoms with Crippen LogP contribution in [0, 0.1) is 13.8 Å². The third-order valence-corrected chi connectivity index (χ3v) is 5.16. The van der Waals surface area contributed by atoms with Crippen molar-refractivity contribution in [2.24, 2.45) is 5.73 Å². The molecule has 0 aliphatic carbocycles. The van der Waals surface area contributed by atoms with Crippen LogP contribution in [0.25, 0.3) is 11.0 Å². The number of nitrogens with two attached hydrogens (primary N) is 1. The maximum atomic E-state index is 13.2. The summed E-state index contributed by atoms with van der Waals surface area (Å²) in [6, 6.07) is 12.4. The Morgan fingerprint density at radius 3 is 2.37 bits per heavy atom. The van der Waals surface area contributed by atoms with Crippen molar-refractivity contribution in [3.05, 3.63) is 70.5 Å². The van der Waals surface area contributed by atoms with Crippen molar-refractivity contribution in [2.45, 2.75) is 32.9 Å².